The number of rotatable bonds is 8. The molecule has 2 N–H and O–H groups in total. The Morgan fingerprint density at radius 2 is 1.88 bits per heavy atom. The van der Waals surface area contributed by atoms with Crippen molar-refractivity contribution in [2.24, 2.45) is 0 Å². The van der Waals surface area contributed by atoms with Crippen LogP contribution in [0.3, 0.4) is 0 Å². The number of carbonyl (C=O) groups is 3. The van der Waals surface area contributed by atoms with Crippen LogP contribution in [-0.4, -0.2) is 30.9 Å². The molecule has 0 unspecified atom stereocenters. The molecule has 0 fully saturated rings. The summed E-state index contributed by atoms with van der Waals surface area (Å²) in [5.74, 6) is -1.23. The number of benzene rings is 1. The van der Waals surface area contributed by atoms with Gasteiger partial charge in [-0.15, -0.1) is 0 Å². The van der Waals surface area contributed by atoms with Gasteiger partial charge in [-0.05, 0) is 30.2 Å². The number of amides is 2. The minimum absolute atomic E-state index is 0.0880. The van der Waals surface area contributed by atoms with Crippen LogP contribution in [-0.2, 0) is 14.3 Å². The number of esters is 1. The third kappa shape index (κ3) is 6.27. The van der Waals surface area contributed by atoms with Gasteiger partial charge in [-0.25, -0.2) is 0 Å². The summed E-state index contributed by atoms with van der Waals surface area (Å²) in [7, 11) is 0. The van der Waals surface area contributed by atoms with Gasteiger partial charge in [-0.2, -0.15) is 0 Å². The minimum atomic E-state index is -0.521. The zero-order valence-electron chi connectivity index (χ0n) is 14.4. The zero-order valence-corrected chi connectivity index (χ0v) is 14.4. The van der Waals surface area contributed by atoms with E-state index in [1.165, 1.54) is 19.3 Å². The van der Waals surface area contributed by atoms with E-state index >= 15 is 0 Å². The van der Waals surface area contributed by atoms with Crippen LogP contribution in [0.2, 0.25) is 0 Å². The molecule has 7 heteroatoms. The van der Waals surface area contributed by atoms with Gasteiger partial charge >= 0.3 is 5.97 Å². The Balaban J connectivity index is 2.02. The van der Waals surface area contributed by atoms with Crippen molar-refractivity contribution in [3.63, 3.8) is 0 Å². The highest BCUT2D eigenvalue weighted by Gasteiger charge is 2.16. The minimum Gasteiger partial charge on any atom is -0.466 e. The van der Waals surface area contributed by atoms with Crippen LogP contribution in [0, 0.1) is 0 Å². The van der Waals surface area contributed by atoms with Crippen molar-refractivity contribution in [1.82, 2.24) is 10.6 Å². The predicted octanol–water partition coefficient (Wildman–Crippen LogP) is 2.12. The second kappa shape index (κ2) is 9.83. The van der Waals surface area contributed by atoms with E-state index in [2.05, 4.69) is 10.6 Å². The van der Waals surface area contributed by atoms with Crippen LogP contribution in [0.15, 0.2) is 58.8 Å². The van der Waals surface area contributed by atoms with Crippen LogP contribution in [0.4, 0.5) is 0 Å². The normalized spacial score (nSPS) is 10.9. The molecule has 0 atom stereocenters. The Labute approximate surface area is 151 Å². The average Bonchev–Trinajstić information content (AvgIpc) is 3.16. The molecule has 0 bridgehead atoms. The van der Waals surface area contributed by atoms with E-state index < -0.39 is 11.8 Å². The first-order valence-electron chi connectivity index (χ1n) is 8.09. The lowest BCUT2D eigenvalue weighted by atomic mass is 10.2. The molecule has 1 aromatic heterocycles. The van der Waals surface area contributed by atoms with E-state index in [-0.39, 0.29) is 24.0 Å². The molecule has 0 saturated heterocycles. The molecule has 0 aliphatic rings. The molecule has 7 nitrogen and oxygen atoms in total. The molecule has 0 radical (unpaired) electrons. The summed E-state index contributed by atoms with van der Waals surface area (Å²) in [5.41, 5.74) is 0.849. The van der Waals surface area contributed by atoms with Crippen molar-refractivity contribution in [2.45, 2.75) is 13.3 Å². The molecule has 0 aliphatic carbocycles. The summed E-state index contributed by atoms with van der Waals surface area (Å²) in [5, 5.41) is 5.24. The monoisotopic (exact) mass is 356 g/mol. The van der Waals surface area contributed by atoms with Gasteiger partial charge in [0, 0.05) is 13.5 Å². The number of hydrogen-bond donors (Lipinski definition) is 2. The fourth-order valence-corrected chi connectivity index (χ4v) is 2.05. The lowest BCUT2D eigenvalue weighted by molar-refractivity contribution is -0.140. The van der Waals surface area contributed by atoms with Crippen molar-refractivity contribution in [3.8, 4) is 0 Å². The summed E-state index contributed by atoms with van der Waals surface area (Å²) >= 11 is 0. The van der Waals surface area contributed by atoms with Crippen molar-refractivity contribution in [3.05, 3.63) is 65.7 Å². The molecule has 26 heavy (non-hydrogen) atoms. The summed E-state index contributed by atoms with van der Waals surface area (Å²) < 4.78 is 9.85. The highest BCUT2D eigenvalue weighted by atomic mass is 16.5. The molecule has 0 saturated carbocycles. The topological polar surface area (TPSA) is 97.6 Å². The first-order chi connectivity index (χ1) is 12.6. The van der Waals surface area contributed by atoms with Gasteiger partial charge in [0.2, 0.25) is 0 Å². The molecule has 2 aromatic rings. The Morgan fingerprint density at radius 3 is 2.54 bits per heavy atom. The third-order valence-corrected chi connectivity index (χ3v) is 3.26. The van der Waals surface area contributed by atoms with Gasteiger partial charge in [0.1, 0.15) is 5.70 Å². The fraction of sp³-hybridized carbons (Fsp3) is 0.211. The van der Waals surface area contributed by atoms with Gasteiger partial charge < -0.3 is 19.8 Å². The van der Waals surface area contributed by atoms with Gasteiger partial charge in [0.15, 0.2) is 5.76 Å². The van der Waals surface area contributed by atoms with Gasteiger partial charge in [-0.3, -0.25) is 14.4 Å². The third-order valence-electron chi connectivity index (χ3n) is 3.26. The first kappa shape index (κ1) is 19.0. The Bertz CT molecular complexity index is 766. The summed E-state index contributed by atoms with van der Waals surface area (Å²) in [6.45, 7) is 1.84. The molecule has 2 rings (SSSR count). The maximum absolute atomic E-state index is 12.4. The van der Waals surface area contributed by atoms with Crippen molar-refractivity contribution >= 4 is 23.9 Å². The second-order valence-corrected chi connectivity index (χ2v) is 5.35. The number of carbonyl (C=O) groups excluding carboxylic acids is 3. The second-order valence-electron chi connectivity index (χ2n) is 5.35. The van der Waals surface area contributed by atoms with E-state index in [1.54, 1.807) is 12.1 Å². The van der Waals surface area contributed by atoms with Gasteiger partial charge in [0.05, 0.1) is 12.9 Å². The van der Waals surface area contributed by atoms with Gasteiger partial charge in [-0.1, -0.05) is 30.3 Å². The Morgan fingerprint density at radius 1 is 1.12 bits per heavy atom. The number of furan rings is 1. The molecule has 1 aromatic carbocycles. The first-order valence-corrected chi connectivity index (χ1v) is 8.09. The van der Waals surface area contributed by atoms with Crippen LogP contribution in [0.1, 0.15) is 29.5 Å². The Hall–Kier alpha value is -3.35. The quantitative estimate of drug-likeness (QED) is 0.429. The molecule has 1 heterocycles. The van der Waals surface area contributed by atoms with E-state index in [0.29, 0.717) is 13.0 Å². The average molecular weight is 356 g/mol. The number of nitrogens with one attached hydrogen (secondary N) is 2. The van der Waals surface area contributed by atoms with Crippen LogP contribution in [0.25, 0.3) is 6.08 Å². The van der Waals surface area contributed by atoms with E-state index in [9.17, 15) is 14.4 Å². The molecule has 2 amide bonds. The van der Waals surface area contributed by atoms with E-state index in [1.807, 2.05) is 30.3 Å². The smallest absolute Gasteiger partial charge is 0.302 e. The predicted molar refractivity (Wildman–Crippen MR) is 94.9 cm³/mol. The zero-order chi connectivity index (χ0) is 18.8. The van der Waals surface area contributed by atoms with Gasteiger partial charge in [0.25, 0.3) is 11.8 Å². The van der Waals surface area contributed by atoms with Crippen LogP contribution >= 0.6 is 0 Å². The molecule has 136 valence electrons. The lowest BCUT2D eigenvalue weighted by Crippen LogP contribution is -2.35. The van der Waals surface area contributed by atoms with E-state index in [4.69, 9.17) is 9.15 Å². The maximum Gasteiger partial charge on any atom is 0.302 e. The molecule has 0 spiro atoms. The van der Waals surface area contributed by atoms with Crippen LogP contribution < -0.4 is 10.6 Å². The summed E-state index contributed by atoms with van der Waals surface area (Å²) in [6, 6.07) is 12.2. The maximum atomic E-state index is 12.4. The van der Waals surface area contributed by atoms with Crippen molar-refractivity contribution in [1.29, 1.82) is 0 Å². The SMILES string of the molecule is CC(=O)OCCCNC(=O)C(=Cc1ccccc1)NC(=O)c1ccco1. The lowest BCUT2D eigenvalue weighted by Gasteiger charge is -2.10. The summed E-state index contributed by atoms with van der Waals surface area (Å²) in [6.07, 6.45) is 3.42. The molecular formula is C19H20N2O5. The molecular weight excluding hydrogens is 336 g/mol. The van der Waals surface area contributed by atoms with Crippen molar-refractivity contribution < 1.29 is 23.5 Å². The summed E-state index contributed by atoms with van der Waals surface area (Å²) in [4.78, 5) is 35.3. The molecule has 0 aliphatic heterocycles. The number of hydrogen-bond acceptors (Lipinski definition) is 5. The number of ether oxygens (including phenoxy) is 1. The fourth-order valence-electron chi connectivity index (χ4n) is 2.05. The standard InChI is InChI=1S/C19H20N2O5/c1-14(22)25-12-6-10-20-18(23)16(13-15-7-3-2-4-8-15)21-19(24)17-9-5-11-26-17/h2-5,7-9,11,13H,6,10,12H2,1H3,(H,20,23)(H,21,24). The van der Waals surface area contributed by atoms with Crippen molar-refractivity contribution in [2.75, 3.05) is 13.2 Å². The van der Waals surface area contributed by atoms with Crippen LogP contribution in [0.5, 0.6) is 0 Å². The van der Waals surface area contributed by atoms with E-state index in [0.717, 1.165) is 5.56 Å². The highest BCUT2D eigenvalue weighted by Crippen LogP contribution is 2.07. The highest BCUT2D eigenvalue weighted by molar-refractivity contribution is 6.04. The Kier molecular flexibility index (Phi) is 7.17. The largest absolute Gasteiger partial charge is 0.466 e.